The van der Waals surface area contributed by atoms with Crippen molar-refractivity contribution >= 4 is 54.1 Å². The van der Waals surface area contributed by atoms with Crippen molar-refractivity contribution in [1.82, 2.24) is 19.5 Å². The van der Waals surface area contributed by atoms with Gasteiger partial charge in [0.2, 0.25) is 6.79 Å². The van der Waals surface area contributed by atoms with E-state index in [1.807, 2.05) is 12.1 Å². The molecule has 3 aromatic rings. The number of ether oxygens (including phenoxy) is 3. The average molecular weight is 558 g/mol. The number of halogens is 1. The lowest BCUT2D eigenvalue weighted by atomic mass is 10.1. The van der Waals surface area contributed by atoms with Crippen molar-refractivity contribution in [1.29, 1.82) is 0 Å². The van der Waals surface area contributed by atoms with Crippen LogP contribution in [-0.4, -0.2) is 64.3 Å². The minimum Gasteiger partial charge on any atom is -0.438 e. The fourth-order valence-electron chi connectivity index (χ4n) is 3.83. The first-order valence-electron chi connectivity index (χ1n) is 10.6. The van der Waals surface area contributed by atoms with Crippen LogP contribution in [0.5, 0.6) is 0 Å². The SMILES string of the molecule is CO[C@@H]1[C@@H]2OP(=O)(OCOC(C)=O)OC[C@H]2O[C@H]1n1c(Sc2ccc(Cl)cc2)nc2c(N)ncnc21. The largest absolute Gasteiger partial charge is 0.478 e. The van der Waals surface area contributed by atoms with Gasteiger partial charge in [0.25, 0.3) is 0 Å². The van der Waals surface area contributed by atoms with E-state index in [-0.39, 0.29) is 12.4 Å². The molecule has 16 heteroatoms. The van der Waals surface area contributed by atoms with Gasteiger partial charge in [-0.15, -0.1) is 0 Å². The number of phosphoric acid groups is 1. The Hall–Kier alpha value is -2.29. The molecule has 192 valence electrons. The molecule has 2 fully saturated rings. The number of nitrogens with two attached hydrogens (primary N) is 1. The van der Waals surface area contributed by atoms with Gasteiger partial charge < -0.3 is 19.9 Å². The number of carbonyl (C=O) groups is 1. The van der Waals surface area contributed by atoms with Crippen molar-refractivity contribution in [2.24, 2.45) is 0 Å². The van der Waals surface area contributed by atoms with Crippen LogP contribution in [0.1, 0.15) is 13.2 Å². The second kappa shape index (κ2) is 10.2. The lowest BCUT2D eigenvalue weighted by Gasteiger charge is -2.31. The van der Waals surface area contributed by atoms with Gasteiger partial charge in [-0.25, -0.2) is 24.0 Å². The molecule has 2 aliphatic heterocycles. The molecule has 1 aromatic carbocycles. The van der Waals surface area contributed by atoms with Gasteiger partial charge in [-0.05, 0) is 24.3 Å². The smallest absolute Gasteiger partial charge is 0.438 e. The molecule has 5 rings (SSSR count). The normalized spacial score (nSPS) is 27.8. The molecule has 0 amide bonds. The van der Waals surface area contributed by atoms with Crippen LogP contribution in [0.3, 0.4) is 0 Å². The fourth-order valence-corrected chi connectivity index (χ4v) is 6.13. The Balaban J connectivity index is 1.48. The number of fused-ring (bicyclic) bond motifs is 2. The van der Waals surface area contributed by atoms with Gasteiger partial charge in [0.15, 0.2) is 28.4 Å². The molecule has 0 saturated carbocycles. The molecular formula is C20H21ClN5O8PS. The van der Waals surface area contributed by atoms with Gasteiger partial charge in [0, 0.05) is 24.0 Å². The second-order valence-electron chi connectivity index (χ2n) is 7.71. The summed E-state index contributed by atoms with van der Waals surface area (Å²) in [4.78, 5) is 24.9. The van der Waals surface area contributed by atoms with Crippen LogP contribution >= 0.6 is 31.2 Å². The van der Waals surface area contributed by atoms with Crippen LogP contribution < -0.4 is 5.73 Å². The Kier molecular flexibility index (Phi) is 7.21. The Labute approximate surface area is 214 Å². The standard InChI is InChI=1S/C20H21ClN5O8PS/c1-10(27)30-9-32-35(28)31-7-13-15(34-35)16(29-2)19(33-13)26-18-14(17(22)23-8-24-18)25-20(26)36-12-5-3-11(21)4-6-12/h3-6,8,13,15-16,19H,7,9H2,1-2H3,(H2,22,23,24)/t13-,15-,16-,19-,35?/m1/s1. The minimum absolute atomic E-state index is 0.109. The van der Waals surface area contributed by atoms with Crippen LogP contribution in [0.15, 0.2) is 40.6 Å². The van der Waals surface area contributed by atoms with Crippen LogP contribution in [0.2, 0.25) is 5.02 Å². The lowest BCUT2D eigenvalue weighted by Crippen LogP contribution is -2.40. The number of rotatable bonds is 7. The number of hydrogen-bond acceptors (Lipinski definition) is 13. The van der Waals surface area contributed by atoms with Gasteiger partial charge in [-0.3, -0.25) is 18.4 Å². The number of esters is 1. The first-order chi connectivity index (χ1) is 17.3. The summed E-state index contributed by atoms with van der Waals surface area (Å²) in [7, 11) is -2.57. The molecule has 5 atom stereocenters. The van der Waals surface area contributed by atoms with E-state index in [1.54, 1.807) is 16.7 Å². The molecule has 2 aliphatic rings. The number of anilines is 1. The maximum atomic E-state index is 13.0. The van der Waals surface area contributed by atoms with Crippen molar-refractivity contribution in [3.63, 3.8) is 0 Å². The van der Waals surface area contributed by atoms with Crippen molar-refractivity contribution in [2.75, 3.05) is 26.2 Å². The monoisotopic (exact) mass is 557 g/mol. The van der Waals surface area contributed by atoms with E-state index in [1.165, 1.54) is 32.1 Å². The zero-order chi connectivity index (χ0) is 25.4. The summed E-state index contributed by atoms with van der Waals surface area (Å²) in [5, 5.41) is 1.10. The third kappa shape index (κ3) is 4.95. The summed E-state index contributed by atoms with van der Waals surface area (Å²) in [6.07, 6.45) is -1.72. The van der Waals surface area contributed by atoms with Gasteiger partial charge in [-0.2, -0.15) is 0 Å². The van der Waals surface area contributed by atoms with E-state index in [0.717, 1.165) is 4.90 Å². The van der Waals surface area contributed by atoms with Gasteiger partial charge in [0.1, 0.15) is 24.6 Å². The number of aromatic nitrogens is 4. The molecule has 2 saturated heterocycles. The zero-order valence-corrected chi connectivity index (χ0v) is 21.4. The molecule has 0 radical (unpaired) electrons. The molecular weight excluding hydrogens is 537 g/mol. The van der Waals surface area contributed by atoms with E-state index in [4.69, 9.17) is 40.4 Å². The molecule has 1 unspecified atom stereocenters. The predicted molar refractivity (Wildman–Crippen MR) is 126 cm³/mol. The quantitative estimate of drug-likeness (QED) is 0.256. The summed E-state index contributed by atoms with van der Waals surface area (Å²) in [5.74, 6) is -0.404. The number of phosphoric ester groups is 1. The number of nitrogens with zero attached hydrogens (tertiary/aromatic N) is 4. The Bertz CT molecular complexity index is 1330. The van der Waals surface area contributed by atoms with Crippen LogP contribution in [0, 0.1) is 0 Å². The van der Waals surface area contributed by atoms with Crippen LogP contribution in [-0.2, 0) is 37.1 Å². The second-order valence-corrected chi connectivity index (χ2v) is 10.8. The van der Waals surface area contributed by atoms with E-state index >= 15 is 0 Å². The number of benzene rings is 1. The Morgan fingerprint density at radius 1 is 1.33 bits per heavy atom. The number of methoxy groups -OCH3 is 1. The maximum Gasteiger partial charge on any atom is 0.478 e. The maximum absolute atomic E-state index is 13.0. The molecule has 0 aliphatic carbocycles. The molecule has 2 N–H and O–H groups in total. The summed E-state index contributed by atoms with van der Waals surface area (Å²) < 4.78 is 47.4. The third-order valence-corrected chi connectivity index (χ3v) is 8.05. The highest BCUT2D eigenvalue weighted by Gasteiger charge is 2.55. The summed E-state index contributed by atoms with van der Waals surface area (Å²) in [6, 6.07) is 7.23. The number of carbonyl (C=O) groups excluding carboxylic acids is 1. The highest BCUT2D eigenvalue weighted by Crippen LogP contribution is 2.57. The zero-order valence-electron chi connectivity index (χ0n) is 19.0. The van der Waals surface area contributed by atoms with Gasteiger partial charge in [-0.1, -0.05) is 23.4 Å². The van der Waals surface area contributed by atoms with Crippen molar-refractivity contribution < 1.29 is 37.1 Å². The Morgan fingerprint density at radius 3 is 2.83 bits per heavy atom. The first-order valence-corrected chi connectivity index (χ1v) is 13.2. The third-order valence-electron chi connectivity index (χ3n) is 5.43. The fraction of sp³-hybridized carbons (Fsp3) is 0.400. The van der Waals surface area contributed by atoms with E-state index in [2.05, 4.69) is 19.7 Å². The lowest BCUT2D eigenvalue weighted by molar-refractivity contribution is -0.150. The van der Waals surface area contributed by atoms with Crippen LogP contribution in [0.4, 0.5) is 5.82 Å². The van der Waals surface area contributed by atoms with Crippen LogP contribution in [0.25, 0.3) is 11.2 Å². The van der Waals surface area contributed by atoms with Gasteiger partial charge in [0.05, 0.1) is 6.61 Å². The highest BCUT2D eigenvalue weighted by molar-refractivity contribution is 7.99. The summed E-state index contributed by atoms with van der Waals surface area (Å²) >= 11 is 7.37. The van der Waals surface area contributed by atoms with E-state index < -0.39 is 45.1 Å². The number of hydrogen-bond donors (Lipinski definition) is 1. The van der Waals surface area contributed by atoms with Crippen molar-refractivity contribution in [3.8, 4) is 0 Å². The average Bonchev–Trinajstić information content (AvgIpc) is 3.37. The number of nitrogen functional groups attached to an aromatic ring is 1. The molecule has 4 heterocycles. The molecule has 36 heavy (non-hydrogen) atoms. The predicted octanol–water partition coefficient (Wildman–Crippen LogP) is 3.19. The molecule has 0 bridgehead atoms. The summed E-state index contributed by atoms with van der Waals surface area (Å²) in [6.45, 7) is 0.498. The molecule has 13 nitrogen and oxygen atoms in total. The van der Waals surface area contributed by atoms with E-state index in [9.17, 15) is 9.36 Å². The Morgan fingerprint density at radius 2 is 2.11 bits per heavy atom. The molecule has 0 spiro atoms. The first kappa shape index (κ1) is 25.4. The van der Waals surface area contributed by atoms with Crippen molar-refractivity contribution in [3.05, 3.63) is 35.6 Å². The van der Waals surface area contributed by atoms with E-state index in [0.29, 0.717) is 21.3 Å². The molecule has 2 aromatic heterocycles. The number of imidazole rings is 1. The summed E-state index contributed by atoms with van der Waals surface area (Å²) in [5.41, 5.74) is 6.88. The minimum atomic E-state index is -4.05. The highest BCUT2D eigenvalue weighted by atomic mass is 35.5. The van der Waals surface area contributed by atoms with Gasteiger partial charge >= 0.3 is 13.8 Å². The van der Waals surface area contributed by atoms with Crippen molar-refractivity contribution in [2.45, 2.75) is 41.5 Å². The topological polar surface area (TPSA) is 159 Å².